The Morgan fingerprint density at radius 1 is 1.41 bits per heavy atom. The lowest BCUT2D eigenvalue weighted by Crippen LogP contribution is -2.53. The Morgan fingerprint density at radius 2 is 2.06 bits per heavy atom. The summed E-state index contributed by atoms with van der Waals surface area (Å²) in [5, 5.41) is 3.23. The molecule has 1 amide bonds. The molecule has 1 fully saturated rings. The van der Waals surface area contributed by atoms with Gasteiger partial charge in [-0.1, -0.05) is 0 Å². The van der Waals surface area contributed by atoms with Crippen LogP contribution in [0, 0.1) is 0 Å². The van der Waals surface area contributed by atoms with E-state index in [0.717, 1.165) is 19.4 Å². The Hall–Kier alpha value is -0.770. The third-order valence-electron chi connectivity index (χ3n) is 3.21. The van der Waals surface area contributed by atoms with E-state index in [9.17, 15) is 4.79 Å². The van der Waals surface area contributed by atoms with Gasteiger partial charge in [-0.3, -0.25) is 0 Å². The molecule has 0 spiro atoms. The molecule has 0 aromatic rings. The van der Waals surface area contributed by atoms with Crippen LogP contribution in [0.15, 0.2) is 0 Å². The van der Waals surface area contributed by atoms with E-state index in [1.807, 2.05) is 32.7 Å². The van der Waals surface area contributed by atoms with Crippen LogP contribution >= 0.6 is 0 Å². The van der Waals surface area contributed by atoms with Crippen LogP contribution in [0.25, 0.3) is 0 Å². The topological polar surface area (TPSA) is 41.6 Å². The third-order valence-corrected chi connectivity index (χ3v) is 3.21. The Labute approximate surface area is 105 Å². The molecule has 0 unspecified atom stereocenters. The predicted molar refractivity (Wildman–Crippen MR) is 69.1 cm³/mol. The van der Waals surface area contributed by atoms with Gasteiger partial charge in [-0.25, -0.2) is 4.79 Å². The van der Waals surface area contributed by atoms with Crippen LogP contribution in [0.2, 0.25) is 0 Å². The average Bonchev–Trinajstić information content (AvgIpc) is 2.25. The molecule has 1 N–H and O–H groups in total. The van der Waals surface area contributed by atoms with Crippen molar-refractivity contribution in [1.29, 1.82) is 0 Å². The number of amides is 1. The molecule has 2 atom stereocenters. The average molecular weight is 242 g/mol. The molecule has 0 aliphatic carbocycles. The van der Waals surface area contributed by atoms with Gasteiger partial charge in [0.15, 0.2) is 0 Å². The number of hydrogen-bond donors (Lipinski definition) is 1. The highest BCUT2D eigenvalue weighted by Crippen LogP contribution is 2.22. The largest absolute Gasteiger partial charge is 0.444 e. The lowest BCUT2D eigenvalue weighted by Gasteiger charge is -2.39. The summed E-state index contributed by atoms with van der Waals surface area (Å²) in [4.78, 5) is 14.0. The summed E-state index contributed by atoms with van der Waals surface area (Å²) in [5.74, 6) is 0. The maximum atomic E-state index is 12.1. The summed E-state index contributed by atoms with van der Waals surface area (Å²) in [5.41, 5.74) is -0.415. The maximum absolute atomic E-state index is 12.1. The van der Waals surface area contributed by atoms with Gasteiger partial charge in [0.25, 0.3) is 0 Å². The quantitative estimate of drug-likeness (QED) is 0.808. The molecule has 0 bridgehead atoms. The first-order chi connectivity index (χ1) is 7.85. The van der Waals surface area contributed by atoms with Gasteiger partial charge < -0.3 is 15.0 Å². The zero-order valence-electron chi connectivity index (χ0n) is 11.7. The number of hydrogen-bond acceptors (Lipinski definition) is 3. The lowest BCUT2D eigenvalue weighted by atomic mass is 9.97. The highest BCUT2D eigenvalue weighted by molar-refractivity contribution is 5.68. The van der Waals surface area contributed by atoms with Crippen LogP contribution in [-0.2, 0) is 4.74 Å². The molecule has 0 saturated carbocycles. The van der Waals surface area contributed by atoms with Crippen molar-refractivity contribution < 1.29 is 9.53 Å². The maximum Gasteiger partial charge on any atom is 0.410 e. The fourth-order valence-corrected chi connectivity index (χ4v) is 2.22. The Kier molecular flexibility index (Phi) is 4.80. The second-order valence-electron chi connectivity index (χ2n) is 5.81. The first-order valence-corrected chi connectivity index (χ1v) is 6.52. The molecule has 4 heteroatoms. The second kappa shape index (κ2) is 5.71. The van der Waals surface area contributed by atoms with Crippen molar-refractivity contribution in [1.82, 2.24) is 10.2 Å². The number of nitrogens with one attached hydrogen (secondary N) is 1. The fourth-order valence-electron chi connectivity index (χ4n) is 2.22. The SMILES string of the molecule is CN[C@H](C)[C@H]1CCCCN1C(=O)OC(C)(C)C. The number of carbonyl (C=O) groups excluding carboxylic acids is 1. The summed E-state index contributed by atoms with van der Waals surface area (Å²) in [6, 6.07) is 0.561. The van der Waals surface area contributed by atoms with Gasteiger partial charge in [0.2, 0.25) is 0 Å². The van der Waals surface area contributed by atoms with Gasteiger partial charge in [-0.05, 0) is 54.0 Å². The summed E-state index contributed by atoms with van der Waals surface area (Å²) in [6.07, 6.45) is 3.15. The summed E-state index contributed by atoms with van der Waals surface area (Å²) in [6.45, 7) is 8.65. The minimum Gasteiger partial charge on any atom is -0.444 e. The van der Waals surface area contributed by atoms with Gasteiger partial charge in [0.1, 0.15) is 5.60 Å². The molecule has 17 heavy (non-hydrogen) atoms. The van der Waals surface area contributed by atoms with Crippen LogP contribution in [0.4, 0.5) is 4.79 Å². The van der Waals surface area contributed by atoms with Gasteiger partial charge in [-0.2, -0.15) is 0 Å². The van der Waals surface area contributed by atoms with E-state index in [1.54, 1.807) is 0 Å². The predicted octanol–water partition coefficient (Wildman–Crippen LogP) is 2.38. The normalized spacial score (nSPS) is 23.4. The zero-order chi connectivity index (χ0) is 13.1. The first-order valence-electron chi connectivity index (χ1n) is 6.52. The van der Waals surface area contributed by atoms with Crippen LogP contribution in [0.5, 0.6) is 0 Å². The Bertz CT molecular complexity index is 261. The van der Waals surface area contributed by atoms with E-state index >= 15 is 0 Å². The molecule has 100 valence electrons. The van der Waals surface area contributed by atoms with E-state index in [4.69, 9.17) is 4.74 Å². The van der Waals surface area contributed by atoms with Crippen LogP contribution < -0.4 is 5.32 Å². The fraction of sp³-hybridized carbons (Fsp3) is 0.923. The molecule has 0 radical (unpaired) electrons. The monoisotopic (exact) mass is 242 g/mol. The third kappa shape index (κ3) is 4.19. The molecular formula is C13H26N2O2. The van der Waals surface area contributed by atoms with Gasteiger partial charge in [0.05, 0.1) is 6.04 Å². The Morgan fingerprint density at radius 3 is 2.59 bits per heavy atom. The molecular weight excluding hydrogens is 216 g/mol. The van der Waals surface area contributed by atoms with Crippen molar-refractivity contribution in [3.8, 4) is 0 Å². The Balaban J connectivity index is 2.67. The van der Waals surface area contributed by atoms with Crippen LogP contribution in [-0.4, -0.2) is 42.3 Å². The van der Waals surface area contributed by atoms with Crippen molar-refractivity contribution in [3.05, 3.63) is 0 Å². The zero-order valence-corrected chi connectivity index (χ0v) is 11.7. The van der Waals surface area contributed by atoms with E-state index in [1.165, 1.54) is 6.42 Å². The smallest absolute Gasteiger partial charge is 0.410 e. The highest BCUT2D eigenvalue weighted by atomic mass is 16.6. The summed E-state index contributed by atoms with van der Waals surface area (Å²) >= 11 is 0. The van der Waals surface area contributed by atoms with Crippen molar-refractivity contribution >= 4 is 6.09 Å². The molecule has 1 saturated heterocycles. The van der Waals surface area contributed by atoms with E-state index in [2.05, 4.69) is 12.2 Å². The number of likely N-dealkylation sites (N-methyl/N-ethyl adjacent to an activating group) is 1. The van der Waals surface area contributed by atoms with Gasteiger partial charge in [0, 0.05) is 12.6 Å². The lowest BCUT2D eigenvalue weighted by molar-refractivity contribution is 0.00598. The number of carbonyl (C=O) groups is 1. The van der Waals surface area contributed by atoms with E-state index in [0.29, 0.717) is 6.04 Å². The van der Waals surface area contributed by atoms with Crippen molar-refractivity contribution in [2.45, 2.75) is 64.6 Å². The number of nitrogens with zero attached hydrogens (tertiary/aromatic N) is 1. The van der Waals surface area contributed by atoms with E-state index < -0.39 is 5.60 Å². The number of piperidine rings is 1. The van der Waals surface area contributed by atoms with Crippen molar-refractivity contribution in [2.75, 3.05) is 13.6 Å². The molecule has 1 rings (SSSR count). The second-order valence-corrected chi connectivity index (χ2v) is 5.81. The van der Waals surface area contributed by atoms with E-state index in [-0.39, 0.29) is 12.1 Å². The van der Waals surface area contributed by atoms with Crippen LogP contribution in [0.1, 0.15) is 47.0 Å². The van der Waals surface area contributed by atoms with Gasteiger partial charge in [-0.15, -0.1) is 0 Å². The standard InChI is InChI=1S/C13H26N2O2/c1-10(14-5)11-8-6-7-9-15(11)12(16)17-13(2,3)4/h10-11,14H,6-9H2,1-5H3/t10-,11-/m1/s1. The molecule has 0 aromatic heterocycles. The molecule has 1 aliphatic heterocycles. The molecule has 4 nitrogen and oxygen atoms in total. The first kappa shape index (κ1) is 14.3. The highest BCUT2D eigenvalue weighted by Gasteiger charge is 2.32. The minimum atomic E-state index is -0.415. The summed E-state index contributed by atoms with van der Waals surface area (Å²) < 4.78 is 5.46. The van der Waals surface area contributed by atoms with Gasteiger partial charge >= 0.3 is 6.09 Å². The summed E-state index contributed by atoms with van der Waals surface area (Å²) in [7, 11) is 1.94. The molecule has 1 aliphatic rings. The molecule has 0 aromatic carbocycles. The number of rotatable bonds is 2. The van der Waals surface area contributed by atoms with Crippen molar-refractivity contribution in [2.24, 2.45) is 0 Å². The molecule has 1 heterocycles. The van der Waals surface area contributed by atoms with Crippen LogP contribution in [0.3, 0.4) is 0 Å². The minimum absolute atomic E-state index is 0.177. The number of ether oxygens (including phenoxy) is 1. The number of likely N-dealkylation sites (tertiary alicyclic amines) is 1. The van der Waals surface area contributed by atoms with Crippen molar-refractivity contribution in [3.63, 3.8) is 0 Å².